The molecule has 0 unspecified atom stereocenters. The van der Waals surface area contributed by atoms with Crippen LogP contribution >= 0.6 is 11.3 Å². The second-order valence-electron chi connectivity index (χ2n) is 8.35. The van der Waals surface area contributed by atoms with Gasteiger partial charge in [0.1, 0.15) is 10.7 Å². The highest BCUT2D eigenvalue weighted by Gasteiger charge is 2.18. The summed E-state index contributed by atoms with van der Waals surface area (Å²) in [6, 6.07) is 15.8. The summed E-state index contributed by atoms with van der Waals surface area (Å²) in [5.41, 5.74) is 4.18. The highest BCUT2D eigenvalue weighted by molar-refractivity contribution is 7.07. The number of nitriles is 1. The maximum absolute atomic E-state index is 13.6. The number of amides is 1. The van der Waals surface area contributed by atoms with E-state index in [9.17, 15) is 14.9 Å². The van der Waals surface area contributed by atoms with Crippen LogP contribution in [0.5, 0.6) is 0 Å². The fourth-order valence-corrected chi connectivity index (χ4v) is 4.78. The van der Waals surface area contributed by atoms with Crippen LogP contribution in [0, 0.1) is 25.2 Å². The number of aromatic nitrogens is 1. The lowest BCUT2D eigenvalue weighted by molar-refractivity contribution is -0.115. The molecule has 176 valence electrons. The van der Waals surface area contributed by atoms with Gasteiger partial charge in [-0.1, -0.05) is 56.3 Å². The van der Waals surface area contributed by atoms with Crippen LogP contribution in [0.3, 0.4) is 0 Å². The molecule has 1 heterocycles. The summed E-state index contributed by atoms with van der Waals surface area (Å²) >= 11 is 1.15. The molecule has 0 atom stereocenters. The number of hydrogen-bond acceptors (Lipinski definition) is 5. The molecule has 0 aliphatic carbocycles. The van der Waals surface area contributed by atoms with E-state index in [0.717, 1.165) is 28.0 Å². The summed E-state index contributed by atoms with van der Waals surface area (Å²) < 4.78 is 7.24. The van der Waals surface area contributed by atoms with Gasteiger partial charge in [-0.05, 0) is 48.1 Å². The first kappa shape index (κ1) is 25.2. The standard InChI is InChI=1S/C27H29N3O3S/c1-17(2)21-11-9-20(10-12-21)15-23-26(32)30(24-18(3)7-6-8-19(24)4)27(34-23)22(16-28)25(31)29-13-14-33-5/h6-12,15,17H,13-14H2,1-5H3,(H,29,31)/b23-15-,27-22-. The van der Waals surface area contributed by atoms with Crippen molar-refractivity contribution in [1.29, 1.82) is 5.26 Å². The van der Waals surface area contributed by atoms with Crippen LogP contribution in [0.2, 0.25) is 0 Å². The SMILES string of the molecule is COCCNC(=O)/C(C#N)=c1\s/c(=C\c2ccc(C(C)C)cc2)c(=O)n1-c1c(C)cccc1C. The van der Waals surface area contributed by atoms with E-state index in [4.69, 9.17) is 4.74 Å². The van der Waals surface area contributed by atoms with Crippen LogP contribution in [-0.4, -0.2) is 30.7 Å². The highest BCUT2D eigenvalue weighted by atomic mass is 32.1. The summed E-state index contributed by atoms with van der Waals surface area (Å²) in [6.07, 6.45) is 1.81. The molecule has 0 spiro atoms. The van der Waals surface area contributed by atoms with Gasteiger partial charge in [-0.15, -0.1) is 11.3 Å². The second-order valence-corrected chi connectivity index (χ2v) is 9.38. The molecular weight excluding hydrogens is 446 g/mol. The molecule has 0 saturated heterocycles. The quantitative estimate of drug-likeness (QED) is 0.533. The number of nitrogens with zero attached hydrogens (tertiary/aromatic N) is 2. The van der Waals surface area contributed by atoms with Crippen molar-refractivity contribution in [3.05, 3.63) is 84.3 Å². The zero-order chi connectivity index (χ0) is 24.8. The fraction of sp³-hybridized carbons (Fsp3) is 0.296. The number of methoxy groups -OCH3 is 1. The lowest BCUT2D eigenvalue weighted by atomic mass is 10.0. The van der Waals surface area contributed by atoms with Gasteiger partial charge in [0.15, 0.2) is 5.57 Å². The molecule has 0 aliphatic heterocycles. The Morgan fingerprint density at radius 2 is 1.82 bits per heavy atom. The lowest BCUT2D eigenvalue weighted by Gasteiger charge is -2.11. The van der Waals surface area contributed by atoms with Gasteiger partial charge < -0.3 is 10.1 Å². The highest BCUT2D eigenvalue weighted by Crippen LogP contribution is 2.17. The molecule has 0 aliphatic rings. The number of carbonyl (C=O) groups excluding carboxylic acids is 1. The largest absolute Gasteiger partial charge is 0.383 e. The molecule has 34 heavy (non-hydrogen) atoms. The van der Waals surface area contributed by atoms with E-state index in [1.54, 1.807) is 0 Å². The number of carbonyl (C=O) groups is 1. The van der Waals surface area contributed by atoms with Gasteiger partial charge in [0.25, 0.3) is 11.5 Å². The average Bonchev–Trinajstić information content (AvgIpc) is 3.10. The van der Waals surface area contributed by atoms with Crippen molar-refractivity contribution in [3.63, 3.8) is 0 Å². The van der Waals surface area contributed by atoms with Crippen molar-refractivity contribution in [2.45, 2.75) is 33.6 Å². The van der Waals surface area contributed by atoms with Gasteiger partial charge >= 0.3 is 0 Å². The first-order chi connectivity index (χ1) is 16.3. The Hall–Kier alpha value is -3.47. The van der Waals surface area contributed by atoms with Crippen LogP contribution < -0.4 is 20.1 Å². The first-order valence-corrected chi connectivity index (χ1v) is 11.9. The number of hydrogen-bond donors (Lipinski definition) is 1. The number of nitrogens with one attached hydrogen (secondary N) is 1. The summed E-state index contributed by atoms with van der Waals surface area (Å²) in [5, 5.41) is 12.6. The Kier molecular flexibility index (Phi) is 8.21. The molecule has 3 aromatic rings. The second kappa shape index (κ2) is 11.1. The van der Waals surface area contributed by atoms with Crippen LogP contribution in [0.1, 0.15) is 42.0 Å². The van der Waals surface area contributed by atoms with E-state index < -0.39 is 5.91 Å². The Balaban J connectivity index is 2.31. The lowest BCUT2D eigenvalue weighted by Crippen LogP contribution is -2.35. The molecule has 3 rings (SSSR count). The summed E-state index contributed by atoms with van der Waals surface area (Å²) in [5.74, 6) is -0.123. The van der Waals surface area contributed by atoms with E-state index in [1.165, 1.54) is 17.2 Å². The number of rotatable bonds is 7. The summed E-state index contributed by atoms with van der Waals surface area (Å²) in [7, 11) is 1.54. The molecule has 0 bridgehead atoms. The first-order valence-electron chi connectivity index (χ1n) is 11.1. The van der Waals surface area contributed by atoms with Crippen LogP contribution in [-0.2, 0) is 9.53 Å². The monoisotopic (exact) mass is 475 g/mol. The van der Waals surface area contributed by atoms with Crippen molar-refractivity contribution in [2.75, 3.05) is 20.3 Å². The van der Waals surface area contributed by atoms with Crippen molar-refractivity contribution >= 4 is 28.9 Å². The van der Waals surface area contributed by atoms with Gasteiger partial charge in [-0.25, -0.2) is 0 Å². The van der Waals surface area contributed by atoms with E-state index >= 15 is 0 Å². The minimum Gasteiger partial charge on any atom is -0.383 e. The van der Waals surface area contributed by atoms with E-state index in [0.29, 0.717) is 27.4 Å². The van der Waals surface area contributed by atoms with Crippen LogP contribution in [0.25, 0.3) is 17.3 Å². The Morgan fingerprint density at radius 3 is 2.38 bits per heavy atom. The van der Waals surface area contributed by atoms with Crippen LogP contribution in [0.4, 0.5) is 0 Å². The zero-order valence-electron chi connectivity index (χ0n) is 20.1. The third-order valence-corrected chi connectivity index (χ3v) is 6.62. The maximum atomic E-state index is 13.6. The third kappa shape index (κ3) is 5.36. The fourth-order valence-electron chi connectivity index (χ4n) is 3.69. The number of aryl methyl sites for hydroxylation is 2. The van der Waals surface area contributed by atoms with Gasteiger partial charge in [0, 0.05) is 13.7 Å². The molecule has 0 fully saturated rings. The molecule has 1 N–H and O–H groups in total. The minimum absolute atomic E-state index is 0.101. The summed E-state index contributed by atoms with van der Waals surface area (Å²) in [6.45, 7) is 8.67. The summed E-state index contributed by atoms with van der Waals surface area (Å²) in [4.78, 5) is 26.5. The van der Waals surface area contributed by atoms with Crippen molar-refractivity contribution in [2.24, 2.45) is 0 Å². The molecule has 2 aromatic carbocycles. The minimum atomic E-state index is -0.534. The Morgan fingerprint density at radius 1 is 1.18 bits per heavy atom. The van der Waals surface area contributed by atoms with Gasteiger partial charge in [0.2, 0.25) is 0 Å². The van der Waals surface area contributed by atoms with Crippen molar-refractivity contribution in [3.8, 4) is 11.8 Å². The Labute approximate surface area is 203 Å². The third-order valence-electron chi connectivity index (χ3n) is 5.53. The molecular formula is C27H29N3O3S. The smallest absolute Gasteiger partial charge is 0.273 e. The number of para-hydroxylation sites is 1. The predicted octanol–water partition coefficient (Wildman–Crippen LogP) is 2.90. The van der Waals surface area contributed by atoms with Gasteiger partial charge in [-0.3, -0.25) is 14.2 Å². The number of ether oxygens (including phenoxy) is 1. The van der Waals surface area contributed by atoms with Crippen molar-refractivity contribution in [1.82, 2.24) is 9.88 Å². The molecule has 0 radical (unpaired) electrons. The zero-order valence-corrected chi connectivity index (χ0v) is 21.0. The molecule has 6 nitrogen and oxygen atoms in total. The Bertz CT molecular complexity index is 1390. The van der Waals surface area contributed by atoms with Gasteiger partial charge in [0.05, 0.1) is 16.8 Å². The normalized spacial score (nSPS) is 12.6. The van der Waals surface area contributed by atoms with E-state index in [1.807, 2.05) is 68.5 Å². The van der Waals surface area contributed by atoms with Crippen LogP contribution in [0.15, 0.2) is 47.3 Å². The molecule has 7 heteroatoms. The molecule has 0 saturated carbocycles. The van der Waals surface area contributed by atoms with Gasteiger partial charge in [-0.2, -0.15) is 5.26 Å². The number of thiazole rings is 1. The maximum Gasteiger partial charge on any atom is 0.273 e. The molecule has 1 aromatic heterocycles. The predicted molar refractivity (Wildman–Crippen MR) is 137 cm³/mol. The average molecular weight is 476 g/mol. The molecule has 1 amide bonds. The topological polar surface area (TPSA) is 84.1 Å². The van der Waals surface area contributed by atoms with Crippen molar-refractivity contribution < 1.29 is 9.53 Å². The number of benzene rings is 2. The van der Waals surface area contributed by atoms with E-state index in [2.05, 4.69) is 19.2 Å². The van der Waals surface area contributed by atoms with E-state index in [-0.39, 0.29) is 17.7 Å².